The van der Waals surface area contributed by atoms with Crippen LogP contribution in [0.3, 0.4) is 0 Å². The van der Waals surface area contributed by atoms with E-state index < -0.39 is 5.72 Å². The highest BCUT2D eigenvalue weighted by Gasteiger charge is 2.49. The van der Waals surface area contributed by atoms with Gasteiger partial charge < -0.3 is 10.0 Å². The molecular formula is C23H21NO2. The summed E-state index contributed by atoms with van der Waals surface area (Å²) in [5.41, 5.74) is 1.79. The Morgan fingerprint density at radius 3 is 2.15 bits per heavy atom. The molecule has 1 atom stereocenters. The Morgan fingerprint density at radius 2 is 1.42 bits per heavy atom. The number of aliphatic hydroxyl groups is 1. The van der Waals surface area contributed by atoms with E-state index in [0.29, 0.717) is 17.7 Å². The van der Waals surface area contributed by atoms with E-state index in [1.165, 1.54) is 5.56 Å². The Bertz CT molecular complexity index is 908. The lowest BCUT2D eigenvalue weighted by atomic mass is 9.93. The van der Waals surface area contributed by atoms with Crippen molar-refractivity contribution in [1.29, 1.82) is 0 Å². The van der Waals surface area contributed by atoms with Crippen LogP contribution in [-0.4, -0.2) is 22.5 Å². The van der Waals surface area contributed by atoms with Crippen molar-refractivity contribution in [2.24, 2.45) is 0 Å². The summed E-state index contributed by atoms with van der Waals surface area (Å²) in [4.78, 5) is 14.6. The van der Waals surface area contributed by atoms with Gasteiger partial charge in [-0.3, -0.25) is 4.79 Å². The summed E-state index contributed by atoms with van der Waals surface area (Å²) >= 11 is 0. The zero-order valence-electron chi connectivity index (χ0n) is 14.5. The number of carbonyl (C=O) groups excluding carboxylic acids is 1. The van der Waals surface area contributed by atoms with E-state index in [1.807, 2.05) is 66.7 Å². The van der Waals surface area contributed by atoms with Crippen LogP contribution < -0.4 is 0 Å². The number of hydrogen-bond acceptors (Lipinski definition) is 2. The largest absolute Gasteiger partial charge is 0.363 e. The molecule has 1 unspecified atom stereocenters. The van der Waals surface area contributed by atoms with Crippen LogP contribution in [0.15, 0.2) is 84.9 Å². The number of carbonyl (C=O) groups is 1. The highest BCUT2D eigenvalue weighted by molar-refractivity contribution is 6.00. The quantitative estimate of drug-likeness (QED) is 0.761. The molecule has 26 heavy (non-hydrogen) atoms. The first-order chi connectivity index (χ1) is 12.7. The highest BCUT2D eigenvalue weighted by atomic mass is 16.3. The molecule has 0 bridgehead atoms. The van der Waals surface area contributed by atoms with Gasteiger partial charge in [-0.2, -0.15) is 0 Å². The number of aryl methyl sites for hydroxylation is 1. The van der Waals surface area contributed by atoms with Gasteiger partial charge in [-0.1, -0.05) is 78.9 Å². The monoisotopic (exact) mass is 343 g/mol. The molecule has 1 aliphatic heterocycles. The fourth-order valence-electron chi connectivity index (χ4n) is 3.74. The van der Waals surface area contributed by atoms with Gasteiger partial charge >= 0.3 is 0 Å². The third-order valence-corrected chi connectivity index (χ3v) is 5.04. The van der Waals surface area contributed by atoms with Gasteiger partial charge in [0.15, 0.2) is 5.72 Å². The molecule has 0 aliphatic carbocycles. The smallest absolute Gasteiger partial charge is 0.257 e. The maximum absolute atomic E-state index is 13.0. The molecule has 130 valence electrons. The minimum Gasteiger partial charge on any atom is -0.363 e. The van der Waals surface area contributed by atoms with Crippen LogP contribution in [0.25, 0.3) is 0 Å². The number of amides is 1. The topological polar surface area (TPSA) is 40.5 Å². The molecular weight excluding hydrogens is 322 g/mol. The molecule has 1 N–H and O–H groups in total. The summed E-state index contributed by atoms with van der Waals surface area (Å²) in [5.74, 6) is -0.111. The predicted molar refractivity (Wildman–Crippen MR) is 102 cm³/mol. The second-order valence-corrected chi connectivity index (χ2v) is 6.63. The standard InChI is InChI=1S/C23H21NO2/c25-22-20-15-7-8-16-21(20)23(26,19-13-5-2-6-14-19)24(22)17-9-12-18-10-3-1-4-11-18/h1-8,10-11,13-16,26H,9,12,17H2. The van der Waals surface area contributed by atoms with Gasteiger partial charge in [0.2, 0.25) is 0 Å². The van der Waals surface area contributed by atoms with Gasteiger partial charge in [-0.15, -0.1) is 0 Å². The van der Waals surface area contributed by atoms with Crippen LogP contribution >= 0.6 is 0 Å². The van der Waals surface area contributed by atoms with E-state index in [2.05, 4.69) is 12.1 Å². The summed E-state index contributed by atoms with van der Waals surface area (Å²) in [7, 11) is 0. The lowest BCUT2D eigenvalue weighted by Crippen LogP contribution is -2.45. The SMILES string of the molecule is O=C1c2ccccc2C(O)(c2ccccc2)N1CCCc1ccccc1. The Labute approximate surface area is 153 Å². The number of rotatable bonds is 5. The average Bonchev–Trinajstić information content (AvgIpc) is 2.93. The van der Waals surface area contributed by atoms with Gasteiger partial charge in [0.05, 0.1) is 0 Å². The summed E-state index contributed by atoms with van der Waals surface area (Å²) in [6, 6.07) is 27.0. The zero-order chi connectivity index (χ0) is 18.0. The summed E-state index contributed by atoms with van der Waals surface area (Å²) in [6.45, 7) is 0.494. The van der Waals surface area contributed by atoms with E-state index in [-0.39, 0.29) is 5.91 Å². The van der Waals surface area contributed by atoms with E-state index in [9.17, 15) is 9.90 Å². The molecule has 0 spiro atoms. The van der Waals surface area contributed by atoms with E-state index in [1.54, 1.807) is 11.0 Å². The van der Waals surface area contributed by atoms with Crippen molar-refractivity contribution in [3.05, 3.63) is 107 Å². The lowest BCUT2D eigenvalue weighted by Gasteiger charge is -2.35. The molecule has 3 heteroatoms. The molecule has 0 saturated carbocycles. The van der Waals surface area contributed by atoms with Crippen LogP contribution in [0.2, 0.25) is 0 Å². The second kappa shape index (κ2) is 6.77. The minimum absolute atomic E-state index is 0.111. The third kappa shape index (κ3) is 2.71. The molecule has 0 saturated heterocycles. The van der Waals surface area contributed by atoms with Crippen molar-refractivity contribution in [3.8, 4) is 0 Å². The maximum atomic E-state index is 13.0. The first-order valence-corrected chi connectivity index (χ1v) is 8.94. The van der Waals surface area contributed by atoms with E-state index >= 15 is 0 Å². The molecule has 1 heterocycles. The Morgan fingerprint density at radius 1 is 0.808 bits per heavy atom. The molecule has 0 radical (unpaired) electrons. The summed E-state index contributed by atoms with van der Waals surface area (Å²) in [5, 5.41) is 11.6. The Balaban J connectivity index is 1.65. The highest BCUT2D eigenvalue weighted by Crippen LogP contribution is 2.42. The van der Waals surface area contributed by atoms with Gasteiger partial charge in [0, 0.05) is 23.2 Å². The van der Waals surface area contributed by atoms with Crippen molar-refractivity contribution in [2.75, 3.05) is 6.54 Å². The Kier molecular flexibility index (Phi) is 4.31. The molecule has 0 aromatic heterocycles. The number of nitrogens with zero attached hydrogens (tertiary/aromatic N) is 1. The van der Waals surface area contributed by atoms with Crippen LogP contribution in [0.4, 0.5) is 0 Å². The number of hydrogen-bond donors (Lipinski definition) is 1. The van der Waals surface area contributed by atoms with Crippen molar-refractivity contribution in [1.82, 2.24) is 4.90 Å². The predicted octanol–water partition coefficient (Wildman–Crippen LogP) is 3.97. The first kappa shape index (κ1) is 16.6. The fraction of sp³-hybridized carbons (Fsp3) is 0.174. The van der Waals surface area contributed by atoms with Gasteiger partial charge in [0.1, 0.15) is 0 Å². The average molecular weight is 343 g/mol. The van der Waals surface area contributed by atoms with Crippen LogP contribution in [0.5, 0.6) is 0 Å². The van der Waals surface area contributed by atoms with Gasteiger partial charge in [0.25, 0.3) is 5.91 Å². The van der Waals surface area contributed by atoms with E-state index in [4.69, 9.17) is 0 Å². The van der Waals surface area contributed by atoms with E-state index in [0.717, 1.165) is 18.4 Å². The molecule has 3 aromatic rings. The fourth-order valence-corrected chi connectivity index (χ4v) is 3.74. The third-order valence-electron chi connectivity index (χ3n) is 5.04. The van der Waals surface area contributed by atoms with Crippen LogP contribution in [0.1, 0.15) is 33.5 Å². The maximum Gasteiger partial charge on any atom is 0.257 e. The normalized spacial score (nSPS) is 18.8. The van der Waals surface area contributed by atoms with Crippen LogP contribution in [-0.2, 0) is 12.1 Å². The van der Waals surface area contributed by atoms with Crippen molar-refractivity contribution in [3.63, 3.8) is 0 Å². The van der Waals surface area contributed by atoms with Gasteiger partial charge in [-0.05, 0) is 24.5 Å². The zero-order valence-corrected chi connectivity index (χ0v) is 14.5. The number of fused-ring (bicyclic) bond motifs is 1. The lowest BCUT2D eigenvalue weighted by molar-refractivity contribution is -0.0502. The molecule has 3 aromatic carbocycles. The molecule has 1 aliphatic rings. The number of benzene rings is 3. The summed E-state index contributed by atoms with van der Waals surface area (Å²) in [6.07, 6.45) is 1.66. The van der Waals surface area contributed by atoms with Gasteiger partial charge in [-0.25, -0.2) is 0 Å². The van der Waals surface area contributed by atoms with Crippen molar-refractivity contribution < 1.29 is 9.90 Å². The summed E-state index contributed by atoms with van der Waals surface area (Å²) < 4.78 is 0. The van der Waals surface area contributed by atoms with Crippen molar-refractivity contribution >= 4 is 5.91 Å². The molecule has 4 rings (SSSR count). The van der Waals surface area contributed by atoms with Crippen LogP contribution in [0, 0.1) is 0 Å². The minimum atomic E-state index is -1.41. The van der Waals surface area contributed by atoms with Crippen molar-refractivity contribution in [2.45, 2.75) is 18.6 Å². The molecule has 1 amide bonds. The first-order valence-electron chi connectivity index (χ1n) is 8.94. The Hall–Kier alpha value is -2.91. The molecule has 0 fully saturated rings. The second-order valence-electron chi connectivity index (χ2n) is 6.63. The molecule has 3 nitrogen and oxygen atoms in total.